The van der Waals surface area contributed by atoms with E-state index in [0.717, 1.165) is 12.8 Å². The number of nitriles is 1. The Balaban J connectivity index is 1.85. The highest BCUT2D eigenvalue weighted by atomic mass is 19.1. The molecule has 0 saturated carbocycles. The Labute approximate surface area is 112 Å². The SMILES string of the molecule is CC1(NCC(=O)N2C[C@@H](F)C[C@H]2C#N)CCOCC1. The first-order valence-electron chi connectivity index (χ1n) is 6.70. The highest BCUT2D eigenvalue weighted by Gasteiger charge is 2.36. The van der Waals surface area contributed by atoms with Crippen LogP contribution in [0.25, 0.3) is 0 Å². The number of hydrogen-bond acceptors (Lipinski definition) is 4. The van der Waals surface area contributed by atoms with Crippen LogP contribution in [0.4, 0.5) is 4.39 Å². The molecule has 6 heteroatoms. The molecule has 0 aromatic rings. The summed E-state index contributed by atoms with van der Waals surface area (Å²) in [7, 11) is 0. The van der Waals surface area contributed by atoms with E-state index in [2.05, 4.69) is 12.2 Å². The van der Waals surface area contributed by atoms with Crippen molar-refractivity contribution in [3.05, 3.63) is 0 Å². The minimum atomic E-state index is -1.08. The summed E-state index contributed by atoms with van der Waals surface area (Å²) in [5.74, 6) is -0.195. The molecule has 0 aromatic heterocycles. The standard InChI is InChI=1S/C13H20FN3O2/c1-13(2-4-19-5-3-13)16-8-12(18)17-9-10(14)6-11(17)7-15/h10-11,16H,2-6,8-9H2,1H3/t10-,11-/m0/s1. The van der Waals surface area contributed by atoms with Crippen LogP contribution < -0.4 is 5.32 Å². The van der Waals surface area contributed by atoms with Crippen molar-refractivity contribution in [3.63, 3.8) is 0 Å². The minimum Gasteiger partial charge on any atom is -0.381 e. The Hall–Kier alpha value is -1.19. The molecular weight excluding hydrogens is 249 g/mol. The van der Waals surface area contributed by atoms with E-state index in [1.165, 1.54) is 4.90 Å². The lowest BCUT2D eigenvalue weighted by molar-refractivity contribution is -0.131. The summed E-state index contributed by atoms with van der Waals surface area (Å²) in [4.78, 5) is 13.4. The van der Waals surface area contributed by atoms with Crippen LogP contribution in [-0.2, 0) is 9.53 Å². The molecule has 19 heavy (non-hydrogen) atoms. The van der Waals surface area contributed by atoms with Crippen LogP contribution in [0.2, 0.25) is 0 Å². The lowest BCUT2D eigenvalue weighted by Crippen LogP contribution is -2.51. The van der Waals surface area contributed by atoms with Crippen molar-refractivity contribution < 1.29 is 13.9 Å². The fraction of sp³-hybridized carbons (Fsp3) is 0.846. The number of likely N-dealkylation sites (tertiary alicyclic amines) is 1. The quantitative estimate of drug-likeness (QED) is 0.815. The molecule has 5 nitrogen and oxygen atoms in total. The van der Waals surface area contributed by atoms with E-state index in [1.807, 2.05) is 6.07 Å². The molecule has 0 aromatic carbocycles. The van der Waals surface area contributed by atoms with Gasteiger partial charge in [0.25, 0.3) is 0 Å². The lowest BCUT2D eigenvalue weighted by atomic mass is 9.92. The summed E-state index contributed by atoms with van der Waals surface area (Å²) < 4.78 is 18.6. The zero-order chi connectivity index (χ0) is 13.9. The molecule has 2 atom stereocenters. The average molecular weight is 269 g/mol. The molecule has 1 amide bonds. The Morgan fingerprint density at radius 2 is 2.26 bits per heavy atom. The maximum absolute atomic E-state index is 13.3. The number of carbonyl (C=O) groups excluding carboxylic acids is 1. The van der Waals surface area contributed by atoms with E-state index in [4.69, 9.17) is 10.00 Å². The summed E-state index contributed by atoms with van der Waals surface area (Å²) in [6.07, 6.45) is 0.765. The summed E-state index contributed by atoms with van der Waals surface area (Å²) >= 11 is 0. The van der Waals surface area contributed by atoms with E-state index in [-0.39, 0.29) is 31.0 Å². The number of alkyl halides is 1. The lowest BCUT2D eigenvalue weighted by Gasteiger charge is -2.35. The molecule has 0 radical (unpaired) electrons. The van der Waals surface area contributed by atoms with E-state index in [1.54, 1.807) is 0 Å². The van der Waals surface area contributed by atoms with Gasteiger partial charge in [-0.25, -0.2) is 4.39 Å². The van der Waals surface area contributed by atoms with Crippen molar-refractivity contribution in [2.24, 2.45) is 0 Å². The highest BCUT2D eigenvalue weighted by molar-refractivity contribution is 5.79. The van der Waals surface area contributed by atoms with Crippen LogP contribution in [0.15, 0.2) is 0 Å². The van der Waals surface area contributed by atoms with Gasteiger partial charge in [0, 0.05) is 25.2 Å². The predicted octanol–water partition coefficient (Wildman–Crippen LogP) is 0.608. The van der Waals surface area contributed by atoms with Gasteiger partial charge >= 0.3 is 0 Å². The number of nitrogens with one attached hydrogen (secondary N) is 1. The molecule has 0 unspecified atom stereocenters. The first kappa shape index (κ1) is 14.2. The fourth-order valence-corrected chi connectivity index (χ4v) is 2.57. The first-order chi connectivity index (χ1) is 9.04. The number of carbonyl (C=O) groups is 1. The zero-order valence-corrected chi connectivity index (χ0v) is 11.2. The van der Waals surface area contributed by atoms with Gasteiger partial charge in [0.1, 0.15) is 12.2 Å². The van der Waals surface area contributed by atoms with Crippen LogP contribution >= 0.6 is 0 Å². The summed E-state index contributed by atoms with van der Waals surface area (Å²) in [6.45, 7) is 3.63. The maximum atomic E-state index is 13.3. The molecule has 2 heterocycles. The van der Waals surface area contributed by atoms with Crippen LogP contribution in [-0.4, -0.2) is 54.9 Å². The van der Waals surface area contributed by atoms with Gasteiger partial charge in [0.15, 0.2) is 0 Å². The molecule has 2 aliphatic rings. The van der Waals surface area contributed by atoms with Crippen LogP contribution in [0.1, 0.15) is 26.2 Å². The van der Waals surface area contributed by atoms with Gasteiger partial charge < -0.3 is 15.0 Å². The Bertz CT molecular complexity index is 377. The summed E-state index contributed by atoms with van der Waals surface area (Å²) in [5.41, 5.74) is -0.106. The molecule has 0 spiro atoms. The minimum absolute atomic E-state index is 0.0402. The largest absolute Gasteiger partial charge is 0.381 e. The fourth-order valence-electron chi connectivity index (χ4n) is 2.57. The summed E-state index contributed by atoms with van der Waals surface area (Å²) in [6, 6.07) is 1.37. The predicted molar refractivity (Wildman–Crippen MR) is 67.1 cm³/mol. The number of nitrogens with zero attached hydrogens (tertiary/aromatic N) is 2. The first-order valence-corrected chi connectivity index (χ1v) is 6.70. The van der Waals surface area contributed by atoms with Gasteiger partial charge in [-0.1, -0.05) is 0 Å². The van der Waals surface area contributed by atoms with Crippen LogP contribution in [0.5, 0.6) is 0 Å². The molecule has 1 N–H and O–H groups in total. The van der Waals surface area contributed by atoms with Crippen molar-refractivity contribution in [2.45, 2.75) is 43.9 Å². The average Bonchev–Trinajstić information content (AvgIpc) is 2.78. The van der Waals surface area contributed by atoms with Gasteiger partial charge in [0.05, 0.1) is 19.2 Å². The van der Waals surface area contributed by atoms with E-state index < -0.39 is 12.2 Å². The molecule has 106 valence electrons. The van der Waals surface area contributed by atoms with Crippen molar-refractivity contribution >= 4 is 5.91 Å². The van der Waals surface area contributed by atoms with Gasteiger partial charge in [-0.3, -0.25) is 4.79 Å². The number of amides is 1. The number of halogens is 1. The third kappa shape index (κ3) is 3.43. The smallest absolute Gasteiger partial charge is 0.237 e. The van der Waals surface area contributed by atoms with E-state index in [9.17, 15) is 9.18 Å². The van der Waals surface area contributed by atoms with Gasteiger partial charge in [0.2, 0.25) is 5.91 Å². The molecule has 0 aliphatic carbocycles. The zero-order valence-electron chi connectivity index (χ0n) is 11.2. The molecule has 2 aliphatic heterocycles. The van der Waals surface area contributed by atoms with Gasteiger partial charge in [-0.05, 0) is 19.8 Å². The molecular formula is C13H20FN3O2. The third-order valence-corrected chi connectivity index (χ3v) is 3.98. The van der Waals surface area contributed by atoms with Gasteiger partial charge in [-0.2, -0.15) is 5.26 Å². The Kier molecular flexibility index (Phi) is 4.38. The van der Waals surface area contributed by atoms with Crippen LogP contribution in [0, 0.1) is 11.3 Å². The molecule has 2 saturated heterocycles. The number of hydrogen-bond donors (Lipinski definition) is 1. The molecule has 0 bridgehead atoms. The monoisotopic (exact) mass is 269 g/mol. The van der Waals surface area contributed by atoms with Crippen molar-refractivity contribution in [1.82, 2.24) is 10.2 Å². The Morgan fingerprint density at radius 3 is 2.89 bits per heavy atom. The maximum Gasteiger partial charge on any atom is 0.237 e. The number of ether oxygens (including phenoxy) is 1. The van der Waals surface area contributed by atoms with Crippen molar-refractivity contribution in [3.8, 4) is 6.07 Å². The Morgan fingerprint density at radius 1 is 1.58 bits per heavy atom. The van der Waals surface area contributed by atoms with Crippen molar-refractivity contribution in [1.29, 1.82) is 5.26 Å². The van der Waals surface area contributed by atoms with E-state index in [0.29, 0.717) is 13.2 Å². The van der Waals surface area contributed by atoms with Crippen molar-refractivity contribution in [2.75, 3.05) is 26.3 Å². The summed E-state index contributed by atoms with van der Waals surface area (Å²) in [5, 5.41) is 12.2. The normalized spacial score (nSPS) is 30.1. The molecule has 2 fully saturated rings. The second-order valence-corrected chi connectivity index (χ2v) is 5.55. The highest BCUT2D eigenvalue weighted by Crippen LogP contribution is 2.21. The van der Waals surface area contributed by atoms with Gasteiger partial charge in [-0.15, -0.1) is 0 Å². The second-order valence-electron chi connectivity index (χ2n) is 5.55. The topological polar surface area (TPSA) is 65.4 Å². The number of rotatable bonds is 3. The second kappa shape index (κ2) is 5.85. The third-order valence-electron chi connectivity index (χ3n) is 3.98. The van der Waals surface area contributed by atoms with Crippen LogP contribution in [0.3, 0.4) is 0 Å². The molecule has 2 rings (SSSR count). The van der Waals surface area contributed by atoms with E-state index >= 15 is 0 Å².